The number of ether oxygens (including phenoxy) is 2. The lowest BCUT2D eigenvalue weighted by atomic mass is 10.1. The quantitative estimate of drug-likeness (QED) is 0.104. The molecule has 0 aromatic carbocycles. The van der Waals surface area contributed by atoms with E-state index in [1.165, 1.54) is 25.7 Å². The second kappa shape index (κ2) is 16.1. The van der Waals surface area contributed by atoms with Crippen molar-refractivity contribution in [1.29, 1.82) is 0 Å². The number of rotatable bonds is 15. The van der Waals surface area contributed by atoms with Gasteiger partial charge < -0.3 is 14.4 Å². The van der Waals surface area contributed by atoms with Gasteiger partial charge in [0.2, 0.25) is 0 Å². The molecule has 4 aromatic rings. The Balaban J connectivity index is 1.66. The number of carbonyl (C=O) groups is 2. The van der Waals surface area contributed by atoms with E-state index in [2.05, 4.69) is 21.8 Å². The van der Waals surface area contributed by atoms with Crippen molar-refractivity contribution in [1.82, 2.24) is 19.9 Å². The van der Waals surface area contributed by atoms with Crippen LogP contribution in [0.1, 0.15) is 80.0 Å². The first-order valence-electron chi connectivity index (χ1n) is 15.0. The zero-order valence-electron chi connectivity index (χ0n) is 25.2. The minimum Gasteiger partial charge on any atom is -0.462 e. The van der Waals surface area contributed by atoms with Gasteiger partial charge >= 0.3 is 11.9 Å². The molecule has 0 aliphatic heterocycles. The Morgan fingerprint density at radius 2 is 1.12 bits per heavy atom. The van der Waals surface area contributed by atoms with Crippen molar-refractivity contribution >= 4 is 23.6 Å². The van der Waals surface area contributed by atoms with Crippen molar-refractivity contribution < 1.29 is 19.1 Å². The number of aromatic nitrogens is 4. The summed E-state index contributed by atoms with van der Waals surface area (Å²) in [4.78, 5) is 45.6. The molecule has 0 spiro atoms. The Bertz CT molecular complexity index is 1400. The second-order valence-corrected chi connectivity index (χ2v) is 9.98. The van der Waals surface area contributed by atoms with Gasteiger partial charge in [-0.3, -0.25) is 9.97 Å². The number of nitrogens with zero attached hydrogens (tertiary/aromatic N) is 5. The number of esters is 2. The van der Waals surface area contributed by atoms with Crippen LogP contribution in [0.3, 0.4) is 0 Å². The van der Waals surface area contributed by atoms with E-state index in [9.17, 15) is 9.59 Å². The maximum atomic E-state index is 12.3. The Morgan fingerprint density at radius 1 is 0.628 bits per heavy atom. The van der Waals surface area contributed by atoms with Crippen LogP contribution in [0.4, 0.5) is 11.6 Å². The topological polar surface area (TPSA) is 107 Å². The summed E-state index contributed by atoms with van der Waals surface area (Å²) in [5, 5.41) is 0. The van der Waals surface area contributed by atoms with Gasteiger partial charge in [0.25, 0.3) is 0 Å². The van der Waals surface area contributed by atoms with Crippen molar-refractivity contribution in [2.75, 3.05) is 24.7 Å². The van der Waals surface area contributed by atoms with Crippen LogP contribution in [0.15, 0.2) is 73.1 Å². The van der Waals surface area contributed by atoms with Crippen LogP contribution in [-0.2, 0) is 9.47 Å². The first-order chi connectivity index (χ1) is 21.0. The van der Waals surface area contributed by atoms with Gasteiger partial charge in [-0.15, -0.1) is 0 Å². The summed E-state index contributed by atoms with van der Waals surface area (Å²) >= 11 is 0. The summed E-state index contributed by atoms with van der Waals surface area (Å²) in [5.74, 6) is 0.641. The van der Waals surface area contributed by atoms with Gasteiger partial charge in [-0.2, -0.15) is 0 Å². The monoisotopic (exact) mass is 581 g/mol. The number of anilines is 2. The highest BCUT2D eigenvalue weighted by atomic mass is 16.5. The van der Waals surface area contributed by atoms with E-state index >= 15 is 0 Å². The van der Waals surface area contributed by atoms with E-state index < -0.39 is 11.9 Å². The zero-order chi connectivity index (χ0) is 30.4. The van der Waals surface area contributed by atoms with Gasteiger partial charge in [-0.1, -0.05) is 51.2 Å². The number of unbranched alkanes of at least 4 members (excludes halogenated alkanes) is 5. The number of carbonyl (C=O) groups excluding carboxylic acids is 2. The van der Waals surface area contributed by atoms with Crippen molar-refractivity contribution in [3.63, 3.8) is 0 Å². The van der Waals surface area contributed by atoms with Crippen LogP contribution >= 0.6 is 0 Å². The summed E-state index contributed by atoms with van der Waals surface area (Å²) in [6.07, 6.45) is 10.1. The Hall–Kier alpha value is -4.66. The highest BCUT2D eigenvalue weighted by Crippen LogP contribution is 2.28. The molecule has 0 saturated heterocycles. The van der Waals surface area contributed by atoms with Crippen LogP contribution in [-0.4, -0.2) is 51.6 Å². The third-order valence-electron chi connectivity index (χ3n) is 6.82. The molecule has 0 N–H and O–H groups in total. The molecule has 0 amide bonds. The molecule has 0 radical (unpaired) electrons. The third-order valence-corrected chi connectivity index (χ3v) is 6.82. The molecule has 0 unspecified atom stereocenters. The number of hydrogen-bond donors (Lipinski definition) is 0. The zero-order valence-corrected chi connectivity index (χ0v) is 25.2. The molecule has 4 heterocycles. The molecule has 0 saturated carbocycles. The van der Waals surface area contributed by atoms with Crippen LogP contribution in [0.5, 0.6) is 0 Å². The molecule has 0 bridgehead atoms. The summed E-state index contributed by atoms with van der Waals surface area (Å²) < 4.78 is 10.3. The normalized spacial score (nSPS) is 10.8. The molecule has 4 rings (SSSR count). The molecule has 9 heteroatoms. The summed E-state index contributed by atoms with van der Waals surface area (Å²) in [7, 11) is 0. The van der Waals surface area contributed by atoms with Crippen LogP contribution < -0.4 is 4.90 Å². The first kappa shape index (κ1) is 31.3. The number of pyridine rings is 4. The van der Waals surface area contributed by atoms with E-state index in [-0.39, 0.29) is 0 Å². The van der Waals surface area contributed by atoms with Crippen molar-refractivity contribution in [2.45, 2.75) is 59.3 Å². The van der Waals surface area contributed by atoms with Crippen molar-refractivity contribution in [2.24, 2.45) is 0 Å². The van der Waals surface area contributed by atoms with Crippen LogP contribution in [0.2, 0.25) is 0 Å². The predicted octanol–water partition coefficient (Wildman–Crippen LogP) is 7.45. The van der Waals surface area contributed by atoms with Gasteiger partial charge in [0.1, 0.15) is 11.6 Å². The standard InChI is InChI=1S/C34H39N5O4/c1-4-7-8-9-10-11-22-39(31-16-12-14-27(37-31)29-23-25(18-20-35-29)33(40)42-5-2)32-17-13-15-28(38-32)30-24-26(19-21-36-30)34(41)43-6-3/h12-21,23-24H,4-11,22H2,1-3H3. The molecular formula is C34H39N5O4. The third kappa shape index (κ3) is 8.67. The maximum Gasteiger partial charge on any atom is 0.338 e. The molecule has 0 atom stereocenters. The van der Waals surface area contributed by atoms with Gasteiger partial charge in [0.15, 0.2) is 0 Å². The minimum absolute atomic E-state index is 0.298. The first-order valence-corrected chi connectivity index (χ1v) is 15.0. The molecule has 4 aromatic heterocycles. The molecule has 224 valence electrons. The highest BCUT2D eigenvalue weighted by Gasteiger charge is 2.17. The molecule has 0 aliphatic carbocycles. The molecule has 9 nitrogen and oxygen atoms in total. The fourth-order valence-electron chi connectivity index (χ4n) is 4.65. The average molecular weight is 582 g/mol. The van der Waals surface area contributed by atoms with E-state index in [1.807, 2.05) is 36.4 Å². The molecule has 43 heavy (non-hydrogen) atoms. The lowest BCUT2D eigenvalue weighted by Gasteiger charge is -2.24. The molecule has 0 fully saturated rings. The van der Waals surface area contributed by atoms with Gasteiger partial charge in [0, 0.05) is 18.9 Å². The number of hydrogen-bond acceptors (Lipinski definition) is 9. The van der Waals surface area contributed by atoms with Crippen LogP contribution in [0, 0.1) is 0 Å². The maximum absolute atomic E-state index is 12.3. The fourth-order valence-corrected chi connectivity index (χ4v) is 4.65. The van der Waals surface area contributed by atoms with Crippen molar-refractivity contribution in [3.8, 4) is 22.8 Å². The predicted molar refractivity (Wildman–Crippen MR) is 167 cm³/mol. The smallest absolute Gasteiger partial charge is 0.338 e. The van der Waals surface area contributed by atoms with E-state index in [1.54, 1.807) is 50.5 Å². The highest BCUT2D eigenvalue weighted by molar-refractivity contribution is 5.91. The lowest BCUT2D eigenvalue weighted by molar-refractivity contribution is 0.0516. The average Bonchev–Trinajstić information content (AvgIpc) is 3.05. The van der Waals surface area contributed by atoms with Gasteiger partial charge in [-0.05, 0) is 68.8 Å². The van der Waals surface area contributed by atoms with E-state index in [0.717, 1.165) is 12.8 Å². The second-order valence-electron chi connectivity index (χ2n) is 9.98. The van der Waals surface area contributed by atoms with Gasteiger partial charge in [0.05, 0.1) is 47.1 Å². The minimum atomic E-state index is -0.395. The summed E-state index contributed by atoms with van der Waals surface area (Å²) in [6.45, 7) is 7.08. The lowest BCUT2D eigenvalue weighted by Crippen LogP contribution is -2.21. The molecule has 0 aliphatic rings. The van der Waals surface area contributed by atoms with E-state index in [0.29, 0.717) is 65.3 Å². The largest absolute Gasteiger partial charge is 0.462 e. The summed E-state index contributed by atoms with van der Waals surface area (Å²) in [6, 6.07) is 18.2. The van der Waals surface area contributed by atoms with E-state index in [4.69, 9.17) is 19.4 Å². The fraction of sp³-hybridized carbons (Fsp3) is 0.353. The van der Waals surface area contributed by atoms with Gasteiger partial charge in [-0.25, -0.2) is 19.6 Å². The Labute approximate surface area is 253 Å². The molecular weight excluding hydrogens is 542 g/mol. The Kier molecular flexibility index (Phi) is 11.7. The van der Waals surface area contributed by atoms with Crippen molar-refractivity contribution in [3.05, 3.63) is 84.2 Å². The summed E-state index contributed by atoms with van der Waals surface area (Å²) in [5.41, 5.74) is 3.28. The Morgan fingerprint density at radius 3 is 1.60 bits per heavy atom. The SMILES string of the molecule is CCCCCCCCN(c1cccc(-c2cc(C(=O)OCC)ccn2)n1)c1cccc(-c2cc(C(=O)OCC)ccn2)n1. The van der Waals surface area contributed by atoms with Crippen LogP contribution in [0.25, 0.3) is 22.8 Å².